The van der Waals surface area contributed by atoms with E-state index in [4.69, 9.17) is 0 Å². The molecule has 3 nitrogen and oxygen atoms in total. The number of rotatable bonds is 9. The Morgan fingerprint density at radius 1 is 1.27 bits per heavy atom. The quantitative estimate of drug-likeness (QED) is 0.650. The highest BCUT2D eigenvalue weighted by atomic mass is 79.9. The van der Waals surface area contributed by atoms with Gasteiger partial charge in [-0.15, -0.1) is 11.8 Å². The van der Waals surface area contributed by atoms with E-state index in [0.717, 1.165) is 23.2 Å². The summed E-state index contributed by atoms with van der Waals surface area (Å²) in [5, 5.41) is 3.17. The molecule has 0 aliphatic rings. The zero-order valence-electron chi connectivity index (χ0n) is 13.9. The van der Waals surface area contributed by atoms with Gasteiger partial charge in [-0.05, 0) is 50.7 Å². The minimum atomic E-state index is 0.150. The molecule has 0 spiro atoms. The summed E-state index contributed by atoms with van der Waals surface area (Å²) in [4.78, 5) is 15.4. The van der Waals surface area contributed by atoms with Crippen molar-refractivity contribution in [3.05, 3.63) is 28.7 Å². The lowest BCUT2D eigenvalue weighted by Gasteiger charge is -2.24. The first-order valence-corrected chi connectivity index (χ1v) is 9.47. The number of carbonyl (C=O) groups is 1. The predicted molar refractivity (Wildman–Crippen MR) is 99.4 cm³/mol. The van der Waals surface area contributed by atoms with E-state index in [9.17, 15) is 4.79 Å². The number of nitrogens with one attached hydrogen (secondary N) is 1. The van der Waals surface area contributed by atoms with E-state index >= 15 is 0 Å². The number of hydrogen-bond donors (Lipinski definition) is 1. The Morgan fingerprint density at radius 2 is 1.91 bits per heavy atom. The number of carbonyl (C=O) groups excluding carboxylic acids is 1. The first kappa shape index (κ1) is 19.5. The molecule has 0 aromatic heterocycles. The molecule has 22 heavy (non-hydrogen) atoms. The van der Waals surface area contributed by atoms with Crippen LogP contribution >= 0.6 is 27.7 Å². The summed E-state index contributed by atoms with van der Waals surface area (Å²) in [7, 11) is 4.09. The lowest BCUT2D eigenvalue weighted by molar-refractivity contribution is -0.121. The van der Waals surface area contributed by atoms with Gasteiger partial charge in [-0.3, -0.25) is 4.79 Å². The predicted octanol–water partition coefficient (Wildman–Crippen LogP) is 4.02. The van der Waals surface area contributed by atoms with Crippen LogP contribution < -0.4 is 5.32 Å². The molecule has 0 fully saturated rings. The van der Waals surface area contributed by atoms with Gasteiger partial charge in [-0.1, -0.05) is 29.8 Å². The number of likely N-dealkylation sites (N-methyl/N-ethyl adjacent to an activating group) is 1. The molecule has 0 saturated carbocycles. The molecule has 1 N–H and O–H groups in total. The minimum absolute atomic E-state index is 0.150. The van der Waals surface area contributed by atoms with Crippen molar-refractivity contribution in [2.24, 2.45) is 5.92 Å². The number of thioether (sulfide) groups is 1. The topological polar surface area (TPSA) is 32.3 Å². The first-order chi connectivity index (χ1) is 10.4. The molecule has 1 unspecified atom stereocenters. The van der Waals surface area contributed by atoms with Crippen molar-refractivity contribution in [2.75, 3.05) is 26.4 Å². The smallest absolute Gasteiger partial charge is 0.221 e. The summed E-state index contributed by atoms with van der Waals surface area (Å²) >= 11 is 5.15. The molecular weight excluding hydrogens is 360 g/mol. The largest absolute Gasteiger partial charge is 0.352 e. The molecule has 124 valence electrons. The number of benzene rings is 1. The van der Waals surface area contributed by atoms with Crippen molar-refractivity contribution in [1.82, 2.24) is 10.2 Å². The zero-order chi connectivity index (χ0) is 16.5. The van der Waals surface area contributed by atoms with Gasteiger partial charge < -0.3 is 10.2 Å². The highest BCUT2D eigenvalue weighted by molar-refractivity contribution is 9.10. The maximum absolute atomic E-state index is 12.1. The Bertz CT molecular complexity index is 438. The van der Waals surface area contributed by atoms with Crippen LogP contribution in [0.5, 0.6) is 0 Å². The Balaban J connectivity index is 2.34. The summed E-state index contributed by atoms with van der Waals surface area (Å²) in [5.74, 6) is 1.55. The van der Waals surface area contributed by atoms with Gasteiger partial charge in [0.15, 0.2) is 0 Å². The minimum Gasteiger partial charge on any atom is -0.352 e. The van der Waals surface area contributed by atoms with Gasteiger partial charge in [0.25, 0.3) is 0 Å². The fraction of sp³-hybridized carbons (Fsp3) is 0.588. The van der Waals surface area contributed by atoms with Crippen LogP contribution in [0.3, 0.4) is 0 Å². The molecule has 0 radical (unpaired) electrons. The fourth-order valence-electron chi connectivity index (χ4n) is 2.28. The third-order valence-corrected chi connectivity index (χ3v) is 4.66. The molecule has 1 aromatic rings. The summed E-state index contributed by atoms with van der Waals surface area (Å²) < 4.78 is 1.08. The van der Waals surface area contributed by atoms with Crippen LogP contribution in [0.1, 0.15) is 26.7 Å². The fourth-order valence-corrected chi connectivity index (χ4v) is 3.40. The van der Waals surface area contributed by atoms with Crippen molar-refractivity contribution in [3.63, 3.8) is 0 Å². The molecule has 1 amide bonds. The highest BCUT2D eigenvalue weighted by Gasteiger charge is 2.14. The Labute approximate surface area is 147 Å². The van der Waals surface area contributed by atoms with Crippen molar-refractivity contribution >= 4 is 33.6 Å². The molecule has 1 atom stereocenters. The van der Waals surface area contributed by atoms with E-state index in [2.05, 4.69) is 52.1 Å². The average Bonchev–Trinajstić information content (AvgIpc) is 2.39. The first-order valence-electron chi connectivity index (χ1n) is 7.69. The van der Waals surface area contributed by atoms with E-state index in [1.54, 1.807) is 11.8 Å². The second-order valence-corrected chi connectivity index (χ2v) is 8.29. The number of hydrogen-bond acceptors (Lipinski definition) is 3. The summed E-state index contributed by atoms with van der Waals surface area (Å²) in [5.41, 5.74) is 0. The van der Waals surface area contributed by atoms with Crippen molar-refractivity contribution in [3.8, 4) is 0 Å². The van der Waals surface area contributed by atoms with E-state index in [0.29, 0.717) is 12.3 Å². The van der Waals surface area contributed by atoms with Gasteiger partial charge in [-0.25, -0.2) is 0 Å². The Hall–Kier alpha value is -0.520. The van der Waals surface area contributed by atoms with Gasteiger partial charge >= 0.3 is 0 Å². The van der Waals surface area contributed by atoms with Crippen molar-refractivity contribution in [1.29, 1.82) is 0 Å². The second-order valence-electron chi connectivity index (χ2n) is 6.21. The lowest BCUT2D eigenvalue weighted by Crippen LogP contribution is -2.42. The van der Waals surface area contributed by atoms with Gasteiger partial charge in [0.2, 0.25) is 5.91 Å². The van der Waals surface area contributed by atoms with Crippen LogP contribution in [0.25, 0.3) is 0 Å². The van der Waals surface area contributed by atoms with E-state index < -0.39 is 0 Å². The van der Waals surface area contributed by atoms with E-state index in [1.807, 2.05) is 26.2 Å². The van der Waals surface area contributed by atoms with Gasteiger partial charge in [0.05, 0.1) is 0 Å². The van der Waals surface area contributed by atoms with Crippen LogP contribution in [0.15, 0.2) is 33.6 Å². The van der Waals surface area contributed by atoms with Gasteiger partial charge in [-0.2, -0.15) is 0 Å². The molecule has 0 saturated heterocycles. The van der Waals surface area contributed by atoms with E-state index in [-0.39, 0.29) is 11.9 Å². The van der Waals surface area contributed by atoms with Gasteiger partial charge in [0.1, 0.15) is 0 Å². The van der Waals surface area contributed by atoms with Crippen LogP contribution in [0, 0.1) is 5.92 Å². The van der Waals surface area contributed by atoms with Crippen LogP contribution in [-0.4, -0.2) is 43.2 Å². The summed E-state index contributed by atoms with van der Waals surface area (Å²) in [6.45, 7) is 5.28. The maximum Gasteiger partial charge on any atom is 0.221 e. The molecular formula is C17H27BrN2OS. The van der Waals surface area contributed by atoms with Gasteiger partial charge in [0, 0.05) is 34.1 Å². The molecule has 0 bridgehead atoms. The molecule has 0 aliphatic heterocycles. The molecule has 5 heteroatoms. The zero-order valence-corrected chi connectivity index (χ0v) is 16.3. The number of nitrogens with zero attached hydrogens (tertiary/aromatic N) is 1. The maximum atomic E-state index is 12.1. The summed E-state index contributed by atoms with van der Waals surface area (Å²) in [6.07, 6.45) is 1.58. The Morgan fingerprint density at radius 3 is 2.45 bits per heavy atom. The second kappa shape index (κ2) is 10.3. The molecule has 0 aliphatic carbocycles. The molecule has 1 aromatic carbocycles. The highest BCUT2D eigenvalue weighted by Crippen LogP contribution is 2.21. The van der Waals surface area contributed by atoms with Crippen LogP contribution in [0.2, 0.25) is 0 Å². The SMILES string of the molecule is CC(C)CC(CN(C)C)NC(=O)CCSc1ccc(Br)cc1. The summed E-state index contributed by atoms with van der Waals surface area (Å²) in [6, 6.07) is 8.43. The monoisotopic (exact) mass is 386 g/mol. The normalized spacial score (nSPS) is 12.7. The lowest BCUT2D eigenvalue weighted by atomic mass is 10.0. The van der Waals surface area contributed by atoms with Crippen molar-refractivity contribution < 1.29 is 4.79 Å². The van der Waals surface area contributed by atoms with E-state index in [1.165, 1.54) is 4.90 Å². The third kappa shape index (κ3) is 8.81. The van der Waals surface area contributed by atoms with Crippen LogP contribution in [-0.2, 0) is 4.79 Å². The molecule has 1 rings (SSSR count). The van der Waals surface area contributed by atoms with Crippen LogP contribution in [0.4, 0.5) is 0 Å². The van der Waals surface area contributed by atoms with Crippen molar-refractivity contribution in [2.45, 2.75) is 37.6 Å². The number of amides is 1. The third-order valence-electron chi connectivity index (χ3n) is 3.12. The Kier molecular flexibility index (Phi) is 9.13. The average molecular weight is 387 g/mol. The number of halogens is 1. The molecule has 0 heterocycles. The standard InChI is InChI=1S/C17H27BrN2OS/c1-13(2)11-15(12-20(3)4)19-17(21)9-10-22-16-7-5-14(18)6-8-16/h5-8,13,15H,9-12H2,1-4H3,(H,19,21).